The lowest BCUT2D eigenvalue weighted by Crippen LogP contribution is -2.23. The number of rotatable bonds is 3. The fraction of sp³-hybridized carbons (Fsp3) is 0.316. The first-order valence-corrected chi connectivity index (χ1v) is 7.45. The third kappa shape index (κ3) is 2.57. The van der Waals surface area contributed by atoms with Crippen LogP contribution in [0.25, 0.3) is 0 Å². The lowest BCUT2D eigenvalue weighted by atomic mass is 9.78. The monoisotopic (exact) mass is 277 g/mol. The quantitative estimate of drug-likeness (QED) is 0.918. The van der Waals surface area contributed by atoms with E-state index in [4.69, 9.17) is 5.26 Å². The summed E-state index contributed by atoms with van der Waals surface area (Å²) in [4.78, 5) is 0. The summed E-state index contributed by atoms with van der Waals surface area (Å²) < 4.78 is 0. The lowest BCUT2D eigenvalue weighted by molar-refractivity contribution is 0.102. The van der Waals surface area contributed by atoms with E-state index < -0.39 is 5.60 Å². The van der Waals surface area contributed by atoms with Crippen LogP contribution in [-0.2, 0) is 5.60 Å². The molecule has 21 heavy (non-hydrogen) atoms. The third-order valence-corrected chi connectivity index (χ3v) is 4.58. The SMILES string of the molecule is CC(O)(c1cccc(C#N)c1)c1cccc(C2CCC2)c1. The summed E-state index contributed by atoms with van der Waals surface area (Å²) in [5, 5.41) is 20.0. The van der Waals surface area contributed by atoms with E-state index in [0.29, 0.717) is 11.5 Å². The third-order valence-electron chi connectivity index (χ3n) is 4.58. The number of aliphatic hydroxyl groups is 1. The highest BCUT2D eigenvalue weighted by molar-refractivity contribution is 5.42. The normalized spacial score (nSPS) is 17.6. The van der Waals surface area contributed by atoms with E-state index in [1.807, 2.05) is 24.3 Å². The highest BCUT2D eigenvalue weighted by atomic mass is 16.3. The Labute approximate surface area is 125 Å². The number of nitrogens with zero attached hydrogens (tertiary/aromatic N) is 1. The summed E-state index contributed by atoms with van der Waals surface area (Å²) >= 11 is 0. The molecule has 2 heteroatoms. The Balaban J connectivity index is 1.98. The van der Waals surface area contributed by atoms with Crippen LogP contribution in [0.15, 0.2) is 48.5 Å². The molecule has 0 radical (unpaired) electrons. The van der Waals surface area contributed by atoms with Gasteiger partial charge in [-0.25, -0.2) is 0 Å². The van der Waals surface area contributed by atoms with E-state index in [-0.39, 0.29) is 0 Å². The first-order chi connectivity index (χ1) is 10.1. The molecule has 0 bridgehead atoms. The van der Waals surface area contributed by atoms with Crippen molar-refractivity contribution in [2.24, 2.45) is 0 Å². The second kappa shape index (κ2) is 5.35. The maximum absolute atomic E-state index is 11.0. The molecular formula is C19H19NO. The minimum Gasteiger partial charge on any atom is -0.381 e. The van der Waals surface area contributed by atoms with Crippen LogP contribution in [0.2, 0.25) is 0 Å². The van der Waals surface area contributed by atoms with Gasteiger partial charge in [-0.1, -0.05) is 42.8 Å². The Hall–Kier alpha value is -2.11. The van der Waals surface area contributed by atoms with Gasteiger partial charge in [0.2, 0.25) is 0 Å². The van der Waals surface area contributed by atoms with Gasteiger partial charge in [-0.3, -0.25) is 0 Å². The van der Waals surface area contributed by atoms with Crippen molar-refractivity contribution < 1.29 is 5.11 Å². The van der Waals surface area contributed by atoms with E-state index in [2.05, 4.69) is 18.2 Å². The Morgan fingerprint density at radius 1 is 1.10 bits per heavy atom. The first-order valence-electron chi connectivity index (χ1n) is 7.45. The zero-order chi connectivity index (χ0) is 14.9. The van der Waals surface area contributed by atoms with Gasteiger partial charge in [0.15, 0.2) is 0 Å². The van der Waals surface area contributed by atoms with Gasteiger partial charge in [-0.2, -0.15) is 5.26 Å². The van der Waals surface area contributed by atoms with Crippen LogP contribution < -0.4 is 0 Å². The summed E-state index contributed by atoms with van der Waals surface area (Å²) in [6.07, 6.45) is 3.79. The molecule has 1 fully saturated rings. The van der Waals surface area contributed by atoms with Crippen molar-refractivity contribution in [3.8, 4) is 6.07 Å². The molecule has 0 saturated heterocycles. The Kier molecular flexibility index (Phi) is 3.53. The number of hydrogen-bond donors (Lipinski definition) is 1. The van der Waals surface area contributed by atoms with Crippen molar-refractivity contribution in [1.29, 1.82) is 5.26 Å². The summed E-state index contributed by atoms with van der Waals surface area (Å²) in [7, 11) is 0. The smallest absolute Gasteiger partial charge is 0.112 e. The summed E-state index contributed by atoms with van der Waals surface area (Å²) in [6.45, 7) is 1.80. The predicted molar refractivity (Wildman–Crippen MR) is 82.9 cm³/mol. The van der Waals surface area contributed by atoms with Crippen LogP contribution in [-0.4, -0.2) is 5.11 Å². The molecule has 0 heterocycles. The van der Waals surface area contributed by atoms with Crippen molar-refractivity contribution in [2.45, 2.75) is 37.7 Å². The van der Waals surface area contributed by atoms with Crippen molar-refractivity contribution in [3.05, 3.63) is 70.8 Å². The molecule has 1 aliphatic carbocycles. The molecule has 0 aromatic heterocycles. The Morgan fingerprint density at radius 3 is 2.38 bits per heavy atom. The molecule has 1 atom stereocenters. The van der Waals surface area contributed by atoms with Gasteiger partial charge in [0, 0.05) is 0 Å². The molecule has 2 aromatic carbocycles. The van der Waals surface area contributed by atoms with Gasteiger partial charge < -0.3 is 5.11 Å². The van der Waals surface area contributed by atoms with Crippen LogP contribution in [0.3, 0.4) is 0 Å². The fourth-order valence-corrected chi connectivity index (χ4v) is 2.90. The molecule has 2 nitrogen and oxygen atoms in total. The molecule has 0 spiro atoms. The lowest BCUT2D eigenvalue weighted by Gasteiger charge is -2.29. The van der Waals surface area contributed by atoms with E-state index in [9.17, 15) is 5.11 Å². The average molecular weight is 277 g/mol. The molecule has 106 valence electrons. The maximum atomic E-state index is 11.0. The van der Waals surface area contributed by atoms with Crippen molar-refractivity contribution in [1.82, 2.24) is 0 Å². The topological polar surface area (TPSA) is 44.0 Å². The van der Waals surface area contributed by atoms with Gasteiger partial charge in [-0.05, 0) is 54.5 Å². The minimum absolute atomic E-state index is 0.572. The Bertz CT molecular complexity index is 693. The fourth-order valence-electron chi connectivity index (χ4n) is 2.90. The first kappa shape index (κ1) is 13.9. The van der Waals surface area contributed by atoms with Crippen molar-refractivity contribution >= 4 is 0 Å². The average Bonchev–Trinajstić information content (AvgIpc) is 2.46. The summed E-state index contributed by atoms with van der Waals surface area (Å²) in [6, 6.07) is 17.6. The zero-order valence-corrected chi connectivity index (χ0v) is 12.2. The number of nitriles is 1. The molecule has 0 aliphatic heterocycles. The second-order valence-electron chi connectivity index (χ2n) is 6.02. The maximum Gasteiger partial charge on any atom is 0.112 e. The molecular weight excluding hydrogens is 258 g/mol. The zero-order valence-electron chi connectivity index (χ0n) is 12.2. The minimum atomic E-state index is -1.08. The van der Waals surface area contributed by atoms with E-state index >= 15 is 0 Å². The van der Waals surface area contributed by atoms with Crippen molar-refractivity contribution in [3.63, 3.8) is 0 Å². The van der Waals surface area contributed by atoms with E-state index in [1.165, 1.54) is 24.8 Å². The molecule has 1 saturated carbocycles. The summed E-state index contributed by atoms with van der Waals surface area (Å²) in [5.41, 5.74) is 2.46. The molecule has 1 aliphatic rings. The largest absolute Gasteiger partial charge is 0.381 e. The van der Waals surface area contributed by atoms with Gasteiger partial charge in [-0.15, -0.1) is 0 Å². The van der Waals surface area contributed by atoms with Crippen LogP contribution in [0, 0.1) is 11.3 Å². The van der Waals surface area contributed by atoms with Gasteiger partial charge >= 0.3 is 0 Å². The van der Waals surface area contributed by atoms with E-state index in [1.54, 1.807) is 19.1 Å². The van der Waals surface area contributed by atoms with Gasteiger partial charge in [0.25, 0.3) is 0 Å². The van der Waals surface area contributed by atoms with Crippen molar-refractivity contribution in [2.75, 3.05) is 0 Å². The highest BCUT2D eigenvalue weighted by Crippen LogP contribution is 2.38. The molecule has 3 rings (SSSR count). The van der Waals surface area contributed by atoms with E-state index in [0.717, 1.165) is 11.1 Å². The second-order valence-corrected chi connectivity index (χ2v) is 6.02. The molecule has 0 amide bonds. The van der Waals surface area contributed by atoms with Crippen LogP contribution in [0.4, 0.5) is 0 Å². The number of benzene rings is 2. The number of hydrogen-bond acceptors (Lipinski definition) is 2. The Morgan fingerprint density at radius 2 is 1.76 bits per heavy atom. The van der Waals surface area contributed by atoms with Crippen LogP contribution >= 0.6 is 0 Å². The van der Waals surface area contributed by atoms with Gasteiger partial charge in [0.05, 0.1) is 11.6 Å². The molecule has 1 unspecified atom stereocenters. The van der Waals surface area contributed by atoms with Crippen LogP contribution in [0.1, 0.15) is 54.4 Å². The van der Waals surface area contributed by atoms with Crippen LogP contribution in [0.5, 0.6) is 0 Å². The predicted octanol–water partition coefficient (Wildman–Crippen LogP) is 4.08. The molecule has 1 N–H and O–H groups in total. The standard InChI is InChI=1S/C19H19NO/c1-19(21,17-9-2-5-14(11-17)13-20)18-10-4-8-16(12-18)15-6-3-7-15/h2,4-5,8-12,15,21H,3,6-7H2,1H3. The van der Waals surface area contributed by atoms with Gasteiger partial charge in [0.1, 0.15) is 5.60 Å². The molecule has 2 aromatic rings. The highest BCUT2D eigenvalue weighted by Gasteiger charge is 2.27. The summed E-state index contributed by atoms with van der Waals surface area (Å²) in [5.74, 6) is 0.645.